The van der Waals surface area contributed by atoms with Crippen molar-refractivity contribution in [3.05, 3.63) is 70.3 Å². The first-order valence-corrected chi connectivity index (χ1v) is 11.2. The van der Waals surface area contributed by atoms with Gasteiger partial charge in [0, 0.05) is 26.1 Å². The maximum atomic E-state index is 12.1. The molecular weight excluding hydrogens is 428 g/mol. The number of para-hydroxylation sites is 1. The van der Waals surface area contributed by atoms with Gasteiger partial charge in [0.2, 0.25) is 5.91 Å². The van der Waals surface area contributed by atoms with Crippen LogP contribution < -0.4 is 10.1 Å². The molecule has 4 rings (SSSR count). The third-order valence-electron chi connectivity index (χ3n) is 6.09. The molecule has 2 aliphatic heterocycles. The number of halogens is 1. The Kier molecular flexibility index (Phi) is 6.82. The van der Waals surface area contributed by atoms with E-state index in [2.05, 4.69) is 17.4 Å². The third-order valence-corrected chi connectivity index (χ3v) is 6.40. The number of carbonyl (C=O) groups is 2. The Hall–Kier alpha value is -2.83. The Balaban J connectivity index is 1.42. The lowest BCUT2D eigenvalue weighted by molar-refractivity contribution is -0.135. The average molecular weight is 455 g/mol. The van der Waals surface area contributed by atoms with Crippen LogP contribution in [0.5, 0.6) is 5.75 Å². The summed E-state index contributed by atoms with van der Waals surface area (Å²) in [7, 11) is 0. The zero-order chi connectivity index (χ0) is 22.7. The van der Waals surface area contributed by atoms with E-state index < -0.39 is 5.97 Å². The van der Waals surface area contributed by atoms with Crippen molar-refractivity contribution in [2.75, 3.05) is 19.7 Å². The van der Waals surface area contributed by atoms with E-state index in [9.17, 15) is 14.7 Å². The van der Waals surface area contributed by atoms with E-state index in [1.165, 1.54) is 12.5 Å². The van der Waals surface area contributed by atoms with Crippen molar-refractivity contribution >= 4 is 29.1 Å². The average Bonchev–Trinajstić information content (AvgIpc) is 2.77. The molecule has 0 saturated carbocycles. The first kappa shape index (κ1) is 22.4. The van der Waals surface area contributed by atoms with Crippen molar-refractivity contribution in [1.82, 2.24) is 10.2 Å². The number of benzene rings is 2. The minimum absolute atomic E-state index is 0.0162. The zero-order valence-corrected chi connectivity index (χ0v) is 18.8. The molecule has 7 heteroatoms. The number of nitrogens with one attached hydrogen (secondary N) is 1. The highest BCUT2D eigenvalue weighted by Crippen LogP contribution is 2.33. The molecule has 2 aromatic carbocycles. The quantitative estimate of drug-likeness (QED) is 0.622. The maximum absolute atomic E-state index is 12.1. The second-order valence-corrected chi connectivity index (χ2v) is 8.73. The number of carboxylic acids is 1. The van der Waals surface area contributed by atoms with Crippen LogP contribution in [0.2, 0.25) is 5.02 Å². The van der Waals surface area contributed by atoms with Crippen LogP contribution in [0.4, 0.5) is 0 Å². The molecule has 6 nitrogen and oxygen atoms in total. The number of aliphatic carboxylic acids is 1. The van der Waals surface area contributed by atoms with E-state index >= 15 is 0 Å². The highest BCUT2D eigenvalue weighted by atomic mass is 35.5. The van der Waals surface area contributed by atoms with Crippen molar-refractivity contribution in [3.63, 3.8) is 0 Å². The summed E-state index contributed by atoms with van der Waals surface area (Å²) in [6.45, 7) is 3.10. The number of nitrogens with zero attached hydrogens (tertiary/aromatic N) is 1. The van der Waals surface area contributed by atoms with Gasteiger partial charge in [-0.1, -0.05) is 48.0 Å². The van der Waals surface area contributed by atoms with Gasteiger partial charge in [-0.05, 0) is 48.1 Å². The summed E-state index contributed by atoms with van der Waals surface area (Å²) in [4.78, 5) is 25.6. The second-order valence-electron chi connectivity index (χ2n) is 8.32. The van der Waals surface area contributed by atoms with Gasteiger partial charge >= 0.3 is 5.97 Å². The molecule has 2 atom stereocenters. The van der Waals surface area contributed by atoms with E-state index in [0.29, 0.717) is 42.5 Å². The van der Waals surface area contributed by atoms with E-state index in [0.717, 1.165) is 24.0 Å². The fourth-order valence-corrected chi connectivity index (χ4v) is 4.71. The van der Waals surface area contributed by atoms with E-state index in [-0.39, 0.29) is 18.0 Å². The van der Waals surface area contributed by atoms with Crippen LogP contribution in [0.15, 0.2) is 54.1 Å². The Morgan fingerprint density at radius 2 is 1.91 bits per heavy atom. The van der Waals surface area contributed by atoms with Gasteiger partial charge in [0.05, 0.1) is 23.2 Å². The first-order valence-electron chi connectivity index (χ1n) is 10.9. The molecule has 0 aromatic heterocycles. The number of piperazine rings is 1. The summed E-state index contributed by atoms with van der Waals surface area (Å²) < 4.78 is 5.75. The number of carbonyl (C=O) groups excluding carboxylic acids is 1. The molecule has 0 radical (unpaired) electrons. The molecular formula is C25H27ClN2O4. The Labute approximate surface area is 192 Å². The van der Waals surface area contributed by atoms with Crippen LogP contribution in [-0.4, -0.2) is 53.7 Å². The molecule has 1 saturated heterocycles. The number of carboxylic acid groups (broad SMARTS) is 1. The largest absolute Gasteiger partial charge is 0.492 e. The van der Waals surface area contributed by atoms with E-state index in [4.69, 9.17) is 16.3 Å². The smallest absolute Gasteiger partial charge is 0.333 e. The molecule has 2 aromatic rings. The number of aryl methyl sites for hydroxylation is 1. The number of hydrogen-bond acceptors (Lipinski definition) is 4. The van der Waals surface area contributed by atoms with Crippen molar-refractivity contribution in [1.29, 1.82) is 0 Å². The van der Waals surface area contributed by atoms with Gasteiger partial charge in [0.1, 0.15) is 5.75 Å². The molecule has 0 aliphatic carbocycles. The predicted octanol–water partition coefficient (Wildman–Crippen LogP) is 3.78. The fraction of sp³-hybridized carbons (Fsp3) is 0.360. The monoisotopic (exact) mass is 454 g/mol. The summed E-state index contributed by atoms with van der Waals surface area (Å²) in [6, 6.07) is 15.3. The predicted molar refractivity (Wildman–Crippen MR) is 124 cm³/mol. The minimum Gasteiger partial charge on any atom is -0.492 e. The third kappa shape index (κ3) is 4.97. The standard InChI is InChI=1S/C25H27ClN2O4/c1-16(29)28-14-19-13-20(24(25(30)31)22(15-28)27-19)18-10-8-17(9-11-18)5-4-12-32-23-7-3-2-6-21(23)26/h2-3,6-11,19,22,27H,4-5,12-15H2,1H3,(H,30,31)/t19-,22-/m1/s1. The van der Waals surface area contributed by atoms with Crippen LogP contribution in [0.25, 0.3) is 5.57 Å². The normalized spacial score (nSPS) is 20.2. The van der Waals surface area contributed by atoms with Crippen molar-refractivity contribution in [2.45, 2.75) is 38.3 Å². The van der Waals surface area contributed by atoms with Gasteiger partial charge in [0.25, 0.3) is 0 Å². The van der Waals surface area contributed by atoms with Crippen molar-refractivity contribution in [2.24, 2.45) is 0 Å². The van der Waals surface area contributed by atoms with Gasteiger partial charge in [-0.25, -0.2) is 4.79 Å². The number of amides is 1. The Morgan fingerprint density at radius 3 is 2.59 bits per heavy atom. The van der Waals surface area contributed by atoms with Gasteiger partial charge in [-0.15, -0.1) is 0 Å². The van der Waals surface area contributed by atoms with Crippen LogP contribution in [-0.2, 0) is 16.0 Å². The molecule has 1 amide bonds. The summed E-state index contributed by atoms with van der Waals surface area (Å²) in [5.74, 6) is -0.253. The first-order chi connectivity index (χ1) is 15.4. The number of hydrogen-bond donors (Lipinski definition) is 2. The molecule has 0 unspecified atom stereocenters. The van der Waals surface area contributed by atoms with E-state index in [1.54, 1.807) is 4.90 Å². The highest BCUT2D eigenvalue weighted by molar-refractivity contribution is 6.32. The van der Waals surface area contributed by atoms with Gasteiger partial charge < -0.3 is 20.1 Å². The minimum atomic E-state index is -0.929. The molecule has 0 spiro atoms. The number of fused-ring (bicyclic) bond motifs is 2. The lowest BCUT2D eigenvalue weighted by Gasteiger charge is -2.43. The number of rotatable bonds is 7. The van der Waals surface area contributed by atoms with Gasteiger partial charge in [-0.3, -0.25) is 4.79 Å². The van der Waals surface area contributed by atoms with E-state index in [1.807, 2.05) is 36.4 Å². The lowest BCUT2D eigenvalue weighted by atomic mass is 9.83. The molecule has 1 fully saturated rings. The van der Waals surface area contributed by atoms with Gasteiger partial charge in [0.15, 0.2) is 0 Å². The van der Waals surface area contributed by atoms with Crippen molar-refractivity contribution in [3.8, 4) is 5.75 Å². The van der Waals surface area contributed by atoms with Crippen LogP contribution in [0.3, 0.4) is 0 Å². The molecule has 2 N–H and O–H groups in total. The Bertz CT molecular complexity index is 1030. The zero-order valence-electron chi connectivity index (χ0n) is 18.0. The SMILES string of the molecule is CC(=O)N1C[C@H]2CC(c3ccc(CCCOc4ccccc4Cl)cc3)=C(C(=O)O)[C@@H](C1)N2. The number of ether oxygens (including phenoxy) is 1. The summed E-state index contributed by atoms with van der Waals surface area (Å²) in [6.07, 6.45) is 2.30. The molecule has 32 heavy (non-hydrogen) atoms. The molecule has 168 valence electrons. The summed E-state index contributed by atoms with van der Waals surface area (Å²) in [5, 5.41) is 13.9. The summed E-state index contributed by atoms with van der Waals surface area (Å²) >= 11 is 6.11. The topological polar surface area (TPSA) is 78.9 Å². The molecule has 2 heterocycles. The van der Waals surface area contributed by atoms with Gasteiger partial charge in [-0.2, -0.15) is 0 Å². The highest BCUT2D eigenvalue weighted by Gasteiger charge is 2.38. The lowest BCUT2D eigenvalue weighted by Crippen LogP contribution is -2.61. The van der Waals surface area contributed by atoms with Crippen molar-refractivity contribution < 1.29 is 19.4 Å². The Morgan fingerprint density at radius 1 is 1.16 bits per heavy atom. The second kappa shape index (κ2) is 9.76. The van der Waals surface area contributed by atoms with Crippen LogP contribution in [0, 0.1) is 0 Å². The fourth-order valence-electron chi connectivity index (χ4n) is 4.52. The van der Waals surface area contributed by atoms with Crippen LogP contribution in [0.1, 0.15) is 30.9 Å². The summed E-state index contributed by atoms with van der Waals surface area (Å²) in [5.41, 5.74) is 3.34. The van der Waals surface area contributed by atoms with Crippen LogP contribution >= 0.6 is 11.6 Å². The molecule has 2 aliphatic rings. The maximum Gasteiger partial charge on any atom is 0.333 e. The molecule has 2 bridgehead atoms.